The molecular weight excluding hydrogens is 489 g/mol. The number of hydrogen-bond acceptors (Lipinski definition) is 4. The smallest absolute Gasteiger partial charge is 0.254 e. The van der Waals surface area contributed by atoms with Gasteiger partial charge < -0.3 is 9.47 Å². The van der Waals surface area contributed by atoms with Gasteiger partial charge in [0.2, 0.25) is 15.0 Å². The Morgan fingerprint density at radius 3 is 2.60 bits per heavy atom. The van der Waals surface area contributed by atoms with Crippen molar-refractivity contribution >= 4 is 27.3 Å². The lowest BCUT2D eigenvalue weighted by Gasteiger charge is -2.24. The van der Waals surface area contributed by atoms with Gasteiger partial charge in [0.25, 0.3) is 5.91 Å². The van der Waals surface area contributed by atoms with E-state index in [0.29, 0.717) is 35.3 Å². The second-order valence-corrected chi connectivity index (χ2v) is 11.9. The van der Waals surface area contributed by atoms with Crippen LogP contribution in [0.1, 0.15) is 48.3 Å². The molecule has 0 saturated heterocycles. The maximum Gasteiger partial charge on any atom is 0.254 e. The highest BCUT2D eigenvalue weighted by Gasteiger charge is 2.30. The lowest BCUT2D eigenvalue weighted by atomic mass is 10.1. The summed E-state index contributed by atoms with van der Waals surface area (Å²) in [6.07, 6.45) is 3.61. The third-order valence-corrected chi connectivity index (χ3v) is 7.69. The summed E-state index contributed by atoms with van der Waals surface area (Å²) >= 11 is 6.04. The van der Waals surface area contributed by atoms with Crippen LogP contribution in [0.3, 0.4) is 0 Å². The molecule has 4 rings (SSSR count). The molecule has 2 aromatic carbocycles. The number of nitrogens with zero attached hydrogens (tertiary/aromatic N) is 3. The minimum Gasteiger partial charge on any atom is -0.332 e. The molecule has 186 valence electrons. The van der Waals surface area contributed by atoms with Gasteiger partial charge in [0.05, 0.1) is 24.2 Å². The van der Waals surface area contributed by atoms with E-state index < -0.39 is 15.7 Å². The lowest BCUT2D eigenvalue weighted by molar-refractivity contribution is 0.0729. The van der Waals surface area contributed by atoms with E-state index >= 15 is 0 Å². The number of carbonyl (C=O) groups is 1. The molecule has 3 aromatic rings. The van der Waals surface area contributed by atoms with Crippen LogP contribution < -0.4 is 0 Å². The van der Waals surface area contributed by atoms with E-state index in [0.717, 1.165) is 12.8 Å². The van der Waals surface area contributed by atoms with Crippen LogP contribution in [0.5, 0.6) is 0 Å². The molecule has 0 aliphatic heterocycles. The van der Waals surface area contributed by atoms with Crippen molar-refractivity contribution in [2.24, 2.45) is 11.8 Å². The van der Waals surface area contributed by atoms with Gasteiger partial charge in [-0.05, 0) is 60.6 Å². The summed E-state index contributed by atoms with van der Waals surface area (Å²) in [4.78, 5) is 19.2. The average Bonchev–Trinajstić information content (AvgIpc) is 3.51. The molecule has 1 aliphatic rings. The molecule has 6 nitrogen and oxygen atoms in total. The molecule has 1 saturated carbocycles. The Morgan fingerprint density at radius 2 is 1.94 bits per heavy atom. The van der Waals surface area contributed by atoms with Gasteiger partial charge in [0, 0.05) is 23.7 Å². The SMILES string of the molecule is CC(C)Cn1c(CN(CC2CC2)C(=O)c2cccc(F)c2)cnc1S(=O)(=O)Cc1cccc(Cl)c1. The first kappa shape index (κ1) is 25.4. The number of aromatic nitrogens is 2. The second-order valence-electron chi connectivity index (χ2n) is 9.56. The van der Waals surface area contributed by atoms with Gasteiger partial charge in [-0.25, -0.2) is 17.8 Å². The van der Waals surface area contributed by atoms with E-state index in [-0.39, 0.29) is 34.8 Å². The number of halogens is 2. The van der Waals surface area contributed by atoms with Crippen molar-refractivity contribution in [1.82, 2.24) is 14.5 Å². The van der Waals surface area contributed by atoms with Crippen molar-refractivity contribution in [3.05, 3.63) is 82.4 Å². The number of rotatable bonds is 10. The molecule has 1 fully saturated rings. The highest BCUT2D eigenvalue weighted by atomic mass is 35.5. The van der Waals surface area contributed by atoms with E-state index in [1.54, 1.807) is 39.8 Å². The molecule has 1 aliphatic carbocycles. The van der Waals surface area contributed by atoms with E-state index in [1.165, 1.54) is 24.4 Å². The lowest BCUT2D eigenvalue weighted by Crippen LogP contribution is -2.33. The van der Waals surface area contributed by atoms with Crippen LogP contribution in [0.4, 0.5) is 4.39 Å². The quantitative estimate of drug-likeness (QED) is 0.363. The van der Waals surface area contributed by atoms with Gasteiger partial charge in [-0.15, -0.1) is 0 Å². The van der Waals surface area contributed by atoms with Gasteiger partial charge >= 0.3 is 0 Å². The summed E-state index contributed by atoms with van der Waals surface area (Å²) < 4.78 is 42.2. The number of carbonyl (C=O) groups excluding carboxylic acids is 1. The Hall–Kier alpha value is -2.71. The molecule has 0 atom stereocenters. The number of amides is 1. The second kappa shape index (κ2) is 10.5. The van der Waals surface area contributed by atoms with Crippen LogP contribution in [0.2, 0.25) is 5.02 Å². The fraction of sp³-hybridized carbons (Fsp3) is 0.385. The highest BCUT2D eigenvalue weighted by molar-refractivity contribution is 7.90. The van der Waals surface area contributed by atoms with Crippen molar-refractivity contribution in [3.8, 4) is 0 Å². The first-order valence-corrected chi connectivity index (χ1v) is 13.7. The molecule has 0 spiro atoms. The molecule has 0 unspecified atom stereocenters. The Labute approximate surface area is 210 Å². The third kappa shape index (κ3) is 6.49. The fourth-order valence-corrected chi connectivity index (χ4v) is 5.77. The molecule has 0 bridgehead atoms. The summed E-state index contributed by atoms with van der Waals surface area (Å²) in [5.74, 6) is -0.423. The first-order valence-electron chi connectivity index (χ1n) is 11.7. The van der Waals surface area contributed by atoms with Crippen LogP contribution >= 0.6 is 11.6 Å². The van der Waals surface area contributed by atoms with Crippen molar-refractivity contribution in [2.45, 2.75) is 50.7 Å². The molecule has 9 heteroatoms. The van der Waals surface area contributed by atoms with Gasteiger partial charge in [0.15, 0.2) is 0 Å². The van der Waals surface area contributed by atoms with E-state index in [4.69, 9.17) is 11.6 Å². The summed E-state index contributed by atoms with van der Waals surface area (Å²) in [6.45, 7) is 5.16. The van der Waals surface area contributed by atoms with E-state index in [2.05, 4.69) is 4.98 Å². The Morgan fingerprint density at radius 1 is 1.20 bits per heavy atom. The molecule has 0 N–H and O–H groups in total. The van der Waals surface area contributed by atoms with Crippen LogP contribution in [0, 0.1) is 17.7 Å². The summed E-state index contributed by atoms with van der Waals surface area (Å²) in [5.41, 5.74) is 1.48. The predicted octanol–water partition coefficient (Wildman–Crippen LogP) is 5.36. The third-order valence-electron chi connectivity index (χ3n) is 5.86. The fourth-order valence-electron chi connectivity index (χ4n) is 4.07. The van der Waals surface area contributed by atoms with Gasteiger partial charge in [-0.1, -0.05) is 43.6 Å². The maximum atomic E-state index is 13.8. The molecule has 1 aromatic heterocycles. The summed E-state index contributed by atoms with van der Waals surface area (Å²) in [7, 11) is -3.77. The average molecular weight is 518 g/mol. The highest BCUT2D eigenvalue weighted by Crippen LogP contribution is 2.31. The zero-order chi connectivity index (χ0) is 25.2. The Balaban J connectivity index is 1.65. The van der Waals surface area contributed by atoms with Crippen molar-refractivity contribution in [3.63, 3.8) is 0 Å². The minimum atomic E-state index is -3.77. The van der Waals surface area contributed by atoms with Crippen molar-refractivity contribution < 1.29 is 17.6 Å². The summed E-state index contributed by atoms with van der Waals surface area (Å²) in [5, 5.41) is 0.446. The topological polar surface area (TPSA) is 72.3 Å². The zero-order valence-electron chi connectivity index (χ0n) is 19.8. The number of imidazole rings is 1. The monoisotopic (exact) mass is 517 g/mol. The first-order chi connectivity index (χ1) is 16.6. The molecule has 1 amide bonds. The van der Waals surface area contributed by atoms with E-state index in [9.17, 15) is 17.6 Å². The van der Waals surface area contributed by atoms with Crippen LogP contribution in [-0.4, -0.2) is 35.3 Å². The van der Waals surface area contributed by atoms with Crippen molar-refractivity contribution in [1.29, 1.82) is 0 Å². The number of hydrogen-bond donors (Lipinski definition) is 0. The Bertz CT molecular complexity index is 1320. The minimum absolute atomic E-state index is 0.0225. The summed E-state index contributed by atoms with van der Waals surface area (Å²) in [6, 6.07) is 12.4. The molecule has 1 heterocycles. The largest absolute Gasteiger partial charge is 0.332 e. The number of benzene rings is 2. The number of sulfone groups is 1. The standard InChI is InChI=1S/C26H29ClFN3O3S/c1-18(2)14-31-24(13-29-26(31)35(33,34)17-20-5-3-7-22(27)11-20)16-30(15-19-9-10-19)25(32)21-6-4-8-23(28)12-21/h3-8,11-13,18-19H,9-10,14-17H2,1-2H3. The normalized spacial score (nSPS) is 13.9. The Kier molecular flexibility index (Phi) is 7.62. The zero-order valence-corrected chi connectivity index (χ0v) is 21.4. The van der Waals surface area contributed by atoms with Gasteiger partial charge in [-0.2, -0.15) is 0 Å². The van der Waals surface area contributed by atoms with Gasteiger partial charge in [0.1, 0.15) is 5.82 Å². The van der Waals surface area contributed by atoms with Gasteiger partial charge in [-0.3, -0.25) is 4.79 Å². The van der Waals surface area contributed by atoms with Crippen LogP contribution in [0.15, 0.2) is 59.9 Å². The van der Waals surface area contributed by atoms with Crippen LogP contribution in [0.25, 0.3) is 0 Å². The predicted molar refractivity (Wildman–Crippen MR) is 133 cm³/mol. The molecule has 35 heavy (non-hydrogen) atoms. The van der Waals surface area contributed by atoms with E-state index in [1.807, 2.05) is 13.8 Å². The molecular formula is C26H29ClFN3O3S. The maximum absolute atomic E-state index is 13.8. The molecule has 0 radical (unpaired) electrons. The van der Waals surface area contributed by atoms with Crippen LogP contribution in [-0.2, 0) is 28.7 Å². The van der Waals surface area contributed by atoms with Crippen molar-refractivity contribution in [2.75, 3.05) is 6.54 Å².